The summed E-state index contributed by atoms with van der Waals surface area (Å²) in [5, 5.41) is 26.9. The molecule has 0 unspecified atom stereocenters. The second-order valence-electron chi connectivity index (χ2n) is 6.41. The normalized spacial score (nSPS) is 12.5. The Morgan fingerprint density at radius 1 is 0.708 bits per heavy atom. The number of unbranched alkanes of at least 4 members (excludes halogenated alkanes) is 8. The number of hydrogen-bond donors (Lipinski definition) is 3. The maximum absolute atomic E-state index is 10.4. The fourth-order valence-electron chi connectivity index (χ4n) is 2.57. The Balaban J connectivity index is 3.31. The van der Waals surface area contributed by atoms with Gasteiger partial charge in [-0.1, -0.05) is 50.7 Å². The van der Waals surface area contributed by atoms with E-state index >= 15 is 0 Å². The van der Waals surface area contributed by atoms with Crippen LogP contribution in [0.5, 0.6) is 0 Å². The van der Waals surface area contributed by atoms with Crippen molar-refractivity contribution in [3.63, 3.8) is 0 Å². The van der Waals surface area contributed by atoms with Crippen LogP contribution in [0, 0.1) is 0 Å². The van der Waals surface area contributed by atoms with Gasteiger partial charge >= 0.3 is 11.9 Å². The molecule has 0 fully saturated rings. The molecule has 0 heterocycles. The first-order valence-corrected chi connectivity index (χ1v) is 9.29. The topological polar surface area (TPSA) is 94.8 Å². The van der Waals surface area contributed by atoms with Crippen LogP contribution in [0.15, 0.2) is 12.2 Å². The lowest BCUT2D eigenvalue weighted by molar-refractivity contribution is -0.138. The predicted molar refractivity (Wildman–Crippen MR) is 95.1 cm³/mol. The molecule has 0 aromatic heterocycles. The summed E-state index contributed by atoms with van der Waals surface area (Å²) in [5.74, 6) is -1.45. The van der Waals surface area contributed by atoms with Crippen molar-refractivity contribution in [3.05, 3.63) is 12.2 Å². The first-order chi connectivity index (χ1) is 11.5. The second kappa shape index (κ2) is 16.5. The Labute approximate surface area is 145 Å². The summed E-state index contributed by atoms with van der Waals surface area (Å²) in [5.41, 5.74) is 0. The Bertz CT molecular complexity index is 352. The quantitative estimate of drug-likeness (QED) is 0.266. The smallest absolute Gasteiger partial charge is 0.303 e. The van der Waals surface area contributed by atoms with E-state index in [0.29, 0.717) is 6.42 Å². The first kappa shape index (κ1) is 22.6. The number of aliphatic carboxylic acids is 2. The van der Waals surface area contributed by atoms with Crippen LogP contribution >= 0.6 is 0 Å². The molecule has 0 saturated heterocycles. The van der Waals surface area contributed by atoms with E-state index in [1.807, 2.05) is 6.08 Å². The fourth-order valence-corrected chi connectivity index (χ4v) is 2.57. The minimum absolute atomic E-state index is 0.241. The molecule has 0 amide bonds. The van der Waals surface area contributed by atoms with Crippen LogP contribution in [0.2, 0.25) is 0 Å². The summed E-state index contributed by atoms with van der Waals surface area (Å²) in [4.78, 5) is 20.7. The van der Waals surface area contributed by atoms with Crippen molar-refractivity contribution in [2.45, 2.75) is 96.0 Å². The molecule has 140 valence electrons. The molecule has 5 nitrogen and oxygen atoms in total. The Kier molecular flexibility index (Phi) is 15.6. The van der Waals surface area contributed by atoms with Gasteiger partial charge in [-0.05, 0) is 38.5 Å². The molecule has 24 heavy (non-hydrogen) atoms. The van der Waals surface area contributed by atoms with Gasteiger partial charge in [-0.2, -0.15) is 0 Å². The van der Waals surface area contributed by atoms with Crippen LogP contribution in [0.25, 0.3) is 0 Å². The minimum Gasteiger partial charge on any atom is -0.481 e. The molecule has 1 atom stereocenters. The van der Waals surface area contributed by atoms with Crippen molar-refractivity contribution in [3.8, 4) is 0 Å². The van der Waals surface area contributed by atoms with E-state index in [4.69, 9.17) is 10.2 Å². The summed E-state index contributed by atoms with van der Waals surface area (Å²) < 4.78 is 0. The average Bonchev–Trinajstić information content (AvgIpc) is 2.52. The molecule has 0 aromatic rings. The zero-order valence-corrected chi connectivity index (χ0v) is 14.8. The molecular formula is C19H34O5. The first-order valence-electron chi connectivity index (χ1n) is 9.29. The third kappa shape index (κ3) is 18.7. The highest BCUT2D eigenvalue weighted by Crippen LogP contribution is 2.11. The molecular weight excluding hydrogens is 308 g/mol. The fraction of sp³-hybridized carbons (Fsp3) is 0.789. The van der Waals surface area contributed by atoms with Crippen LogP contribution in [0.1, 0.15) is 89.9 Å². The number of aliphatic hydroxyl groups is 1. The van der Waals surface area contributed by atoms with Crippen LogP contribution in [-0.2, 0) is 9.59 Å². The standard InChI is InChI=1S/C19H34O5/c20-17(14-10-7-8-12-16-19(23)24)13-9-5-3-1-2-4-6-11-15-18(21)22/h5,9,17,20H,1-4,6-8,10-16H2,(H,21,22)(H,23,24)/b9-5-/t17-/m0/s1. The van der Waals surface area contributed by atoms with Gasteiger partial charge in [-0.15, -0.1) is 0 Å². The highest BCUT2D eigenvalue weighted by molar-refractivity contribution is 5.66. The number of allylic oxidation sites excluding steroid dienone is 1. The lowest BCUT2D eigenvalue weighted by atomic mass is 10.1. The highest BCUT2D eigenvalue weighted by Gasteiger charge is 2.02. The van der Waals surface area contributed by atoms with E-state index in [2.05, 4.69) is 6.08 Å². The molecule has 5 heteroatoms. The Morgan fingerprint density at radius 2 is 1.21 bits per heavy atom. The molecule has 3 N–H and O–H groups in total. The van der Waals surface area contributed by atoms with Gasteiger partial charge in [0.2, 0.25) is 0 Å². The van der Waals surface area contributed by atoms with Crippen molar-refractivity contribution in [1.82, 2.24) is 0 Å². The van der Waals surface area contributed by atoms with Crippen molar-refractivity contribution in [2.24, 2.45) is 0 Å². The zero-order valence-electron chi connectivity index (χ0n) is 14.8. The summed E-state index contributed by atoms with van der Waals surface area (Å²) in [6, 6.07) is 0. The molecule has 0 radical (unpaired) electrons. The third-order valence-corrected chi connectivity index (χ3v) is 4.01. The molecule has 0 rings (SSSR count). The molecule has 0 aliphatic heterocycles. The predicted octanol–water partition coefficient (Wildman–Crippen LogP) is 4.53. The van der Waals surface area contributed by atoms with E-state index in [9.17, 15) is 14.7 Å². The zero-order chi connectivity index (χ0) is 18.0. The van der Waals surface area contributed by atoms with Gasteiger partial charge in [-0.3, -0.25) is 9.59 Å². The Hall–Kier alpha value is -1.36. The van der Waals surface area contributed by atoms with E-state index in [-0.39, 0.29) is 18.9 Å². The minimum atomic E-state index is -0.736. The lowest BCUT2D eigenvalue weighted by Crippen LogP contribution is -2.04. The van der Waals surface area contributed by atoms with E-state index in [1.165, 1.54) is 0 Å². The maximum atomic E-state index is 10.4. The highest BCUT2D eigenvalue weighted by atomic mass is 16.4. The number of aliphatic hydroxyl groups excluding tert-OH is 1. The summed E-state index contributed by atoms with van der Waals surface area (Å²) in [6.07, 6.45) is 15.5. The number of carboxylic acid groups (broad SMARTS) is 2. The van der Waals surface area contributed by atoms with Crippen molar-refractivity contribution in [2.75, 3.05) is 0 Å². The van der Waals surface area contributed by atoms with Gasteiger partial charge in [0.25, 0.3) is 0 Å². The average molecular weight is 342 g/mol. The second-order valence-corrected chi connectivity index (χ2v) is 6.41. The van der Waals surface area contributed by atoms with Crippen LogP contribution in [0.4, 0.5) is 0 Å². The monoisotopic (exact) mass is 342 g/mol. The molecule has 0 aliphatic rings. The van der Waals surface area contributed by atoms with Gasteiger partial charge < -0.3 is 15.3 Å². The SMILES string of the molecule is O=C(O)CCCCCCC/C=C\C[C@H](O)CCCCCCC(=O)O. The molecule has 0 spiro atoms. The third-order valence-electron chi connectivity index (χ3n) is 4.01. The summed E-state index contributed by atoms with van der Waals surface area (Å²) in [7, 11) is 0. The van der Waals surface area contributed by atoms with Gasteiger partial charge in [0.05, 0.1) is 6.10 Å². The van der Waals surface area contributed by atoms with Crippen molar-refractivity contribution < 1.29 is 24.9 Å². The van der Waals surface area contributed by atoms with Gasteiger partial charge in [-0.25, -0.2) is 0 Å². The largest absolute Gasteiger partial charge is 0.481 e. The van der Waals surface area contributed by atoms with Crippen molar-refractivity contribution in [1.29, 1.82) is 0 Å². The number of hydrogen-bond acceptors (Lipinski definition) is 3. The van der Waals surface area contributed by atoms with E-state index in [1.54, 1.807) is 0 Å². The number of rotatable bonds is 17. The Morgan fingerprint density at radius 3 is 1.79 bits per heavy atom. The molecule has 0 aromatic carbocycles. The summed E-state index contributed by atoms with van der Waals surface area (Å²) >= 11 is 0. The van der Waals surface area contributed by atoms with E-state index < -0.39 is 11.9 Å². The number of carbonyl (C=O) groups is 2. The van der Waals surface area contributed by atoms with Gasteiger partial charge in [0.1, 0.15) is 0 Å². The molecule has 0 bridgehead atoms. The number of carboxylic acids is 2. The van der Waals surface area contributed by atoms with Gasteiger partial charge in [0.15, 0.2) is 0 Å². The van der Waals surface area contributed by atoms with Crippen molar-refractivity contribution >= 4 is 11.9 Å². The van der Waals surface area contributed by atoms with Crippen LogP contribution in [0.3, 0.4) is 0 Å². The molecule has 0 saturated carbocycles. The lowest BCUT2D eigenvalue weighted by Gasteiger charge is -2.07. The van der Waals surface area contributed by atoms with Gasteiger partial charge in [0, 0.05) is 12.8 Å². The molecule has 0 aliphatic carbocycles. The maximum Gasteiger partial charge on any atom is 0.303 e. The van der Waals surface area contributed by atoms with Crippen LogP contribution in [-0.4, -0.2) is 33.4 Å². The summed E-state index contributed by atoms with van der Waals surface area (Å²) in [6.45, 7) is 0. The van der Waals surface area contributed by atoms with E-state index in [0.717, 1.165) is 70.6 Å². The van der Waals surface area contributed by atoms with Crippen LogP contribution < -0.4 is 0 Å².